The predicted molar refractivity (Wildman–Crippen MR) is 133 cm³/mol. The molecule has 1 heterocycles. The third-order valence-electron chi connectivity index (χ3n) is 5.13. The Hall–Kier alpha value is -3.12. The molecule has 0 aliphatic rings. The molecule has 10 heteroatoms. The summed E-state index contributed by atoms with van der Waals surface area (Å²) < 4.78 is 76.5. The number of halogens is 3. The number of rotatable bonds is 2. The van der Waals surface area contributed by atoms with Crippen LogP contribution in [0, 0.1) is 54.0 Å². The molecule has 0 aliphatic carbocycles. The monoisotopic (exact) mass is 720 g/mol. The second kappa shape index (κ2) is 20.8. The fourth-order valence-electron chi connectivity index (χ4n) is 4.02. The molecule has 0 spiro atoms. The molecular weight excluding hydrogens is 700 g/mol. The molecule has 4 aromatic rings. The first-order chi connectivity index (χ1) is 18.3. The molecule has 1 aromatic heterocycles. The van der Waals surface area contributed by atoms with Crippen LogP contribution in [0.25, 0.3) is 32.5 Å². The van der Waals surface area contributed by atoms with Crippen LogP contribution in [0.1, 0.15) is 22.3 Å². The third kappa shape index (κ3) is 10.5. The van der Waals surface area contributed by atoms with Gasteiger partial charge in [0.15, 0.2) is 0 Å². The van der Waals surface area contributed by atoms with Crippen molar-refractivity contribution in [3.8, 4) is 22.0 Å². The summed E-state index contributed by atoms with van der Waals surface area (Å²) in [7, 11) is 0.426. The van der Waals surface area contributed by atoms with Crippen molar-refractivity contribution < 1.29 is 57.5 Å². The number of aryl methyl sites for hydroxylation is 3. The van der Waals surface area contributed by atoms with Gasteiger partial charge in [-0.25, -0.2) is 0 Å². The summed E-state index contributed by atoms with van der Waals surface area (Å²) in [6, 6.07) is 18.2. The molecule has 1 unspecified atom stereocenters. The van der Waals surface area contributed by atoms with Gasteiger partial charge in [-0.1, -0.05) is 54.1 Å². The molecule has 0 fully saturated rings. The van der Waals surface area contributed by atoms with E-state index in [0.717, 1.165) is 16.4 Å². The van der Waals surface area contributed by atoms with Crippen molar-refractivity contribution in [1.29, 1.82) is 0 Å². The summed E-state index contributed by atoms with van der Waals surface area (Å²) in [5.74, 6) is 0. The first kappa shape index (κ1) is 40.4. The Morgan fingerprint density at radius 2 is 1.08 bits per heavy atom. The van der Waals surface area contributed by atoms with Gasteiger partial charge in [-0.05, 0) is 65.7 Å². The van der Waals surface area contributed by atoms with Gasteiger partial charge in [0.2, 0.25) is 0 Å². The second-order valence-corrected chi connectivity index (χ2v) is 8.56. The van der Waals surface area contributed by atoms with Gasteiger partial charge in [-0.3, -0.25) is 0 Å². The van der Waals surface area contributed by atoms with Crippen LogP contribution in [0.4, 0.5) is 13.2 Å². The molecule has 0 saturated carbocycles. The summed E-state index contributed by atoms with van der Waals surface area (Å²) in [6.07, 6.45) is -4.32. The van der Waals surface area contributed by atoms with Crippen molar-refractivity contribution in [2.75, 3.05) is 0 Å². The Balaban J connectivity index is -0.00000106. The number of fused-ring (bicyclic) bond motifs is 1. The van der Waals surface area contributed by atoms with Crippen LogP contribution in [-0.2, 0) is 50.5 Å². The average molecular weight is 720 g/mol. The van der Waals surface area contributed by atoms with Gasteiger partial charge in [-0.2, -0.15) is 13.2 Å². The van der Waals surface area contributed by atoms with Crippen molar-refractivity contribution in [2.45, 2.75) is 26.9 Å². The van der Waals surface area contributed by atoms with E-state index in [2.05, 4.69) is 78.3 Å². The van der Waals surface area contributed by atoms with Gasteiger partial charge >= 0.3 is 62.7 Å². The molecule has 4 rings (SSSR count). The average Bonchev–Trinajstić information content (AvgIpc) is 3.33. The van der Waals surface area contributed by atoms with Gasteiger partial charge in [0, 0.05) is 31.9 Å². The molecule has 5 nitrogen and oxygen atoms in total. The van der Waals surface area contributed by atoms with E-state index in [1.54, 1.807) is 12.1 Å². The third-order valence-corrected chi connectivity index (χ3v) is 6.63. The fraction of sp³-hybridized carbons (Fsp3) is 0.138. The van der Waals surface area contributed by atoms with E-state index in [1.165, 1.54) is 44.9 Å². The maximum atomic E-state index is 13.0. The zero-order chi connectivity index (χ0) is 30.1. The zero-order valence-electron chi connectivity index (χ0n) is 20.9. The first-order valence-electron chi connectivity index (χ1n) is 10.1. The zero-order valence-corrected chi connectivity index (χ0v) is 24.8. The minimum absolute atomic E-state index is 0. The van der Waals surface area contributed by atoms with Crippen LogP contribution in [0.5, 0.6) is 0 Å². The predicted octanol–water partition coefficient (Wildman–Crippen LogP) is 7.96. The van der Waals surface area contributed by atoms with Crippen LogP contribution in [0.3, 0.4) is 0 Å². The number of hydrogen-bond donors (Lipinski definition) is 0. The maximum absolute atomic E-state index is 13.0. The van der Waals surface area contributed by atoms with Gasteiger partial charge in [0.1, 0.15) is 0 Å². The molecule has 0 bridgehead atoms. The summed E-state index contributed by atoms with van der Waals surface area (Å²) in [5.41, 5.74) is 6.19. The van der Waals surface area contributed by atoms with Crippen LogP contribution in [0.15, 0.2) is 60.7 Å². The molecule has 3 aromatic carbocycles. The second-order valence-electron chi connectivity index (χ2n) is 7.27. The number of alkyl halides is 3. The molecular formula is C29H20F3O5PW. The Labute approximate surface area is 240 Å². The topological polar surface area (TPSA) is 99.5 Å². The van der Waals surface area contributed by atoms with Gasteiger partial charge in [-0.15, -0.1) is 8.19 Å². The van der Waals surface area contributed by atoms with Crippen molar-refractivity contribution in [3.05, 3.63) is 116 Å². The molecule has 1 atom stereocenters. The number of benzene rings is 3. The summed E-state index contributed by atoms with van der Waals surface area (Å²) in [5, 5.41) is 3.54. The van der Waals surface area contributed by atoms with E-state index in [4.69, 9.17) is 23.3 Å². The van der Waals surface area contributed by atoms with Crippen molar-refractivity contribution in [3.63, 3.8) is 0 Å². The summed E-state index contributed by atoms with van der Waals surface area (Å²) >= 11 is 0. The smallest absolute Gasteiger partial charge is 0 e. The number of hydrogen-bond acceptors (Lipinski definition) is 0. The van der Waals surface area contributed by atoms with E-state index in [0.29, 0.717) is 8.19 Å². The standard InChI is InChI=1S/C24H20F3P.5CO.W/c1-14-12-15(2)21(16(3)13-14)22-19-6-4-5-7-20(19)28-23(22)17-8-10-18(11-9-17)24(25,26)27;5*1-2;/h4-13,28H,1-3H3;;;;;;. The molecule has 0 N–H and O–H groups in total. The molecule has 39 heavy (non-hydrogen) atoms. The first-order valence-corrected chi connectivity index (χ1v) is 11.1. The van der Waals surface area contributed by atoms with Crippen molar-refractivity contribution >= 4 is 18.7 Å². The van der Waals surface area contributed by atoms with Crippen LogP contribution in [0.2, 0.25) is 0 Å². The maximum Gasteiger partial charge on any atom is 0 e. The fourth-order valence-corrected chi connectivity index (χ4v) is 5.51. The van der Waals surface area contributed by atoms with Gasteiger partial charge in [0.05, 0.1) is 5.56 Å². The Morgan fingerprint density at radius 1 is 0.641 bits per heavy atom. The van der Waals surface area contributed by atoms with Crippen LogP contribution in [-0.4, -0.2) is 0 Å². The van der Waals surface area contributed by atoms with E-state index in [9.17, 15) is 13.2 Å². The normalized spacial score (nSPS) is 9.03. The van der Waals surface area contributed by atoms with E-state index in [-0.39, 0.29) is 21.1 Å². The van der Waals surface area contributed by atoms with Crippen molar-refractivity contribution in [1.82, 2.24) is 0 Å². The largest absolute Gasteiger partial charge is 0 e. The quantitative estimate of drug-likeness (QED) is 0.148. The molecule has 0 aliphatic heterocycles. The van der Waals surface area contributed by atoms with Crippen LogP contribution >= 0.6 is 8.19 Å². The molecule has 198 valence electrons. The van der Waals surface area contributed by atoms with Crippen molar-refractivity contribution in [2.24, 2.45) is 0 Å². The Kier molecular flexibility index (Phi) is 21.5. The SMILES string of the molecule is Cc1cc(C)c(-c2c(-c3ccc(C(F)(F)F)cc3)[pH]c3ccccc23)c(C)c1.[C-]#[O+].[C-]#[O+].[C-]#[O+].[C-]#[O+].[C-]#[O+].[W]. The minimum atomic E-state index is -4.32. The molecule has 0 amide bonds. The Bertz CT molecular complexity index is 1360. The summed E-state index contributed by atoms with van der Waals surface area (Å²) in [6.45, 7) is 28.8. The van der Waals surface area contributed by atoms with Gasteiger partial charge < -0.3 is 0 Å². The molecule has 0 saturated heterocycles. The van der Waals surface area contributed by atoms with E-state index < -0.39 is 11.7 Å². The molecule has 0 radical (unpaired) electrons. The Morgan fingerprint density at radius 3 is 1.51 bits per heavy atom. The summed E-state index contributed by atoms with van der Waals surface area (Å²) in [4.78, 5) is 0. The van der Waals surface area contributed by atoms with E-state index in [1.807, 2.05) is 12.1 Å². The minimum Gasteiger partial charge on any atom is 0 e. The van der Waals surface area contributed by atoms with E-state index >= 15 is 0 Å². The van der Waals surface area contributed by atoms with Crippen LogP contribution < -0.4 is 0 Å². The van der Waals surface area contributed by atoms with Gasteiger partial charge in [0.25, 0.3) is 0 Å².